The number of benzene rings is 1. The summed E-state index contributed by atoms with van der Waals surface area (Å²) >= 11 is 0. The molecule has 0 saturated heterocycles. The van der Waals surface area contributed by atoms with E-state index in [9.17, 15) is 13.2 Å². The van der Waals surface area contributed by atoms with Gasteiger partial charge in [-0.15, -0.1) is 5.16 Å². The smallest absolute Gasteiger partial charge is 0.411 e. The van der Waals surface area contributed by atoms with Crippen molar-refractivity contribution in [1.82, 2.24) is 0 Å². The van der Waals surface area contributed by atoms with E-state index >= 15 is 0 Å². The molecule has 1 rings (SSSR count). The van der Waals surface area contributed by atoms with Crippen molar-refractivity contribution in [3.8, 4) is 0 Å². The predicted molar refractivity (Wildman–Crippen MR) is 45.4 cm³/mol. The average Bonchev–Trinajstić information content (AvgIpc) is 2.14. The van der Waals surface area contributed by atoms with Gasteiger partial charge < -0.3 is 5.21 Å². The van der Waals surface area contributed by atoms with Gasteiger partial charge >= 0.3 is 6.18 Å². The fraction of sp³-hybridized carbons (Fsp3) is 0.222. The van der Waals surface area contributed by atoms with E-state index in [1.807, 2.05) is 0 Å². The Morgan fingerprint density at radius 2 is 1.79 bits per heavy atom. The second-order valence-electron chi connectivity index (χ2n) is 2.70. The van der Waals surface area contributed by atoms with Gasteiger partial charge in [-0.05, 0) is 17.7 Å². The molecule has 14 heavy (non-hydrogen) atoms. The van der Waals surface area contributed by atoms with Gasteiger partial charge in [-0.3, -0.25) is 0 Å². The van der Waals surface area contributed by atoms with Crippen molar-refractivity contribution in [1.29, 1.82) is 0 Å². The summed E-state index contributed by atoms with van der Waals surface area (Å²) in [5, 5.41) is 10.9. The molecule has 0 aliphatic heterocycles. The zero-order valence-corrected chi connectivity index (χ0v) is 7.12. The lowest BCUT2D eigenvalue weighted by Gasteiger charge is -2.06. The van der Waals surface area contributed by atoms with E-state index in [1.165, 1.54) is 18.3 Å². The molecular formula is C9H8F3NO. The topological polar surface area (TPSA) is 32.6 Å². The van der Waals surface area contributed by atoms with Crippen LogP contribution in [0.2, 0.25) is 0 Å². The number of hydrogen-bond acceptors (Lipinski definition) is 2. The molecule has 5 heteroatoms. The first kappa shape index (κ1) is 10.6. The van der Waals surface area contributed by atoms with Crippen LogP contribution in [0.4, 0.5) is 13.2 Å². The van der Waals surface area contributed by atoms with Crippen molar-refractivity contribution in [2.24, 2.45) is 5.16 Å². The third-order valence-electron chi connectivity index (χ3n) is 1.69. The highest BCUT2D eigenvalue weighted by molar-refractivity contribution is 5.60. The largest absolute Gasteiger partial charge is 0.416 e. The van der Waals surface area contributed by atoms with Gasteiger partial charge in [0.05, 0.1) is 5.56 Å². The van der Waals surface area contributed by atoms with Gasteiger partial charge in [0, 0.05) is 12.6 Å². The van der Waals surface area contributed by atoms with E-state index in [-0.39, 0.29) is 0 Å². The summed E-state index contributed by atoms with van der Waals surface area (Å²) in [6.45, 7) is 0. The molecule has 0 saturated carbocycles. The van der Waals surface area contributed by atoms with Crippen molar-refractivity contribution < 1.29 is 18.4 Å². The minimum absolute atomic E-state index is 0.314. The summed E-state index contributed by atoms with van der Waals surface area (Å²) in [4.78, 5) is 0. The molecule has 0 bridgehead atoms. The zero-order valence-electron chi connectivity index (χ0n) is 7.12. The van der Waals surface area contributed by atoms with E-state index in [0.717, 1.165) is 12.1 Å². The van der Waals surface area contributed by atoms with Gasteiger partial charge in [-0.25, -0.2) is 0 Å². The molecule has 76 valence electrons. The predicted octanol–water partition coefficient (Wildman–Crippen LogP) is 2.71. The molecular weight excluding hydrogens is 195 g/mol. The van der Waals surface area contributed by atoms with Crippen LogP contribution in [0.5, 0.6) is 0 Å². The summed E-state index contributed by atoms with van der Waals surface area (Å²) in [6.07, 6.45) is -2.78. The average molecular weight is 203 g/mol. The Labute approximate surface area is 78.7 Å². The SMILES string of the molecule is O/N=C/Cc1ccc(C(F)(F)F)cc1. The minimum atomic E-state index is -4.30. The number of oxime groups is 1. The van der Waals surface area contributed by atoms with Crippen molar-refractivity contribution in [2.75, 3.05) is 0 Å². The minimum Gasteiger partial charge on any atom is -0.411 e. The highest BCUT2D eigenvalue weighted by Crippen LogP contribution is 2.28. The second-order valence-corrected chi connectivity index (χ2v) is 2.70. The number of nitrogens with zero attached hydrogens (tertiary/aromatic N) is 1. The molecule has 0 radical (unpaired) electrons. The van der Waals surface area contributed by atoms with Gasteiger partial charge in [-0.1, -0.05) is 12.1 Å². The van der Waals surface area contributed by atoms with Gasteiger partial charge in [0.25, 0.3) is 0 Å². The maximum atomic E-state index is 12.1. The molecule has 1 aromatic carbocycles. The number of hydrogen-bond donors (Lipinski definition) is 1. The lowest BCUT2D eigenvalue weighted by atomic mass is 10.1. The van der Waals surface area contributed by atoms with E-state index < -0.39 is 11.7 Å². The summed E-state index contributed by atoms with van der Waals surface area (Å²) in [5.74, 6) is 0. The molecule has 1 N–H and O–H groups in total. The monoisotopic (exact) mass is 203 g/mol. The Bertz CT molecular complexity index is 316. The highest BCUT2D eigenvalue weighted by Gasteiger charge is 2.29. The first-order valence-corrected chi connectivity index (χ1v) is 3.86. The molecule has 1 aromatic rings. The van der Waals surface area contributed by atoms with Crippen LogP contribution in [0.3, 0.4) is 0 Å². The standard InChI is InChI=1S/C9H8F3NO/c10-9(11,12)8-3-1-7(2-4-8)5-6-13-14/h1-4,6,14H,5H2/b13-6+. The van der Waals surface area contributed by atoms with Crippen LogP contribution < -0.4 is 0 Å². The van der Waals surface area contributed by atoms with Crippen LogP contribution in [0, 0.1) is 0 Å². The van der Waals surface area contributed by atoms with Crippen LogP contribution in [-0.2, 0) is 12.6 Å². The molecule has 2 nitrogen and oxygen atoms in total. The Balaban J connectivity index is 2.79. The molecule has 0 atom stereocenters. The molecule has 0 heterocycles. The first-order valence-electron chi connectivity index (χ1n) is 3.86. The van der Waals surface area contributed by atoms with E-state index in [1.54, 1.807) is 0 Å². The fourth-order valence-electron chi connectivity index (χ4n) is 0.976. The molecule has 0 aliphatic rings. The van der Waals surface area contributed by atoms with Crippen LogP contribution >= 0.6 is 0 Å². The second kappa shape index (κ2) is 4.13. The molecule has 0 aromatic heterocycles. The quantitative estimate of drug-likeness (QED) is 0.447. The van der Waals surface area contributed by atoms with Gasteiger partial charge in [0.1, 0.15) is 0 Å². The van der Waals surface area contributed by atoms with E-state index in [4.69, 9.17) is 5.21 Å². The fourth-order valence-corrected chi connectivity index (χ4v) is 0.976. The molecule has 0 aliphatic carbocycles. The maximum Gasteiger partial charge on any atom is 0.416 e. The number of halogens is 3. The first-order chi connectivity index (χ1) is 6.54. The van der Waals surface area contributed by atoms with Gasteiger partial charge in [0.2, 0.25) is 0 Å². The van der Waals surface area contributed by atoms with Crippen LogP contribution in [0.15, 0.2) is 29.4 Å². The molecule has 0 unspecified atom stereocenters. The number of alkyl halides is 3. The van der Waals surface area contributed by atoms with Crippen molar-refractivity contribution in [3.63, 3.8) is 0 Å². The van der Waals surface area contributed by atoms with Crippen molar-refractivity contribution >= 4 is 6.21 Å². The summed E-state index contributed by atoms with van der Waals surface area (Å²) < 4.78 is 36.3. The highest BCUT2D eigenvalue weighted by atomic mass is 19.4. The third kappa shape index (κ3) is 2.76. The Morgan fingerprint density at radius 1 is 1.21 bits per heavy atom. The molecule has 0 fully saturated rings. The summed E-state index contributed by atoms with van der Waals surface area (Å²) in [6, 6.07) is 4.70. The zero-order chi connectivity index (χ0) is 10.6. The third-order valence-corrected chi connectivity index (χ3v) is 1.69. The lowest BCUT2D eigenvalue weighted by Crippen LogP contribution is -2.04. The van der Waals surface area contributed by atoms with Gasteiger partial charge in [0.15, 0.2) is 0 Å². The van der Waals surface area contributed by atoms with Crippen molar-refractivity contribution in [2.45, 2.75) is 12.6 Å². The van der Waals surface area contributed by atoms with E-state index in [2.05, 4.69) is 5.16 Å². The Kier molecular flexibility index (Phi) is 3.11. The molecule has 0 spiro atoms. The Hall–Kier alpha value is -1.52. The van der Waals surface area contributed by atoms with Crippen LogP contribution in [-0.4, -0.2) is 11.4 Å². The van der Waals surface area contributed by atoms with Crippen LogP contribution in [0.25, 0.3) is 0 Å². The van der Waals surface area contributed by atoms with Crippen molar-refractivity contribution in [3.05, 3.63) is 35.4 Å². The Morgan fingerprint density at radius 3 is 2.21 bits per heavy atom. The lowest BCUT2D eigenvalue weighted by molar-refractivity contribution is -0.137. The normalized spacial score (nSPS) is 12.2. The van der Waals surface area contributed by atoms with Gasteiger partial charge in [-0.2, -0.15) is 13.2 Å². The maximum absolute atomic E-state index is 12.1. The van der Waals surface area contributed by atoms with E-state index in [0.29, 0.717) is 12.0 Å². The van der Waals surface area contributed by atoms with Crippen LogP contribution in [0.1, 0.15) is 11.1 Å². The number of rotatable bonds is 2. The summed E-state index contributed by atoms with van der Waals surface area (Å²) in [5.41, 5.74) is -0.0158. The summed E-state index contributed by atoms with van der Waals surface area (Å²) in [7, 11) is 0. The molecule has 0 amide bonds.